The highest BCUT2D eigenvalue weighted by Gasteiger charge is 2.35. The van der Waals surface area contributed by atoms with Crippen molar-refractivity contribution in [3.63, 3.8) is 0 Å². The molecule has 0 saturated carbocycles. The monoisotopic (exact) mass is 423 g/mol. The second-order valence-corrected chi connectivity index (χ2v) is 7.78. The second-order valence-electron chi connectivity index (χ2n) is 7.78. The molecule has 9 nitrogen and oxygen atoms in total. The summed E-state index contributed by atoms with van der Waals surface area (Å²) in [6, 6.07) is 9.52. The molecular formula is C22H25N5O4. The first-order chi connectivity index (χ1) is 14.9. The number of pyridine rings is 1. The molecule has 162 valence electrons. The SMILES string of the molecule is Cc1ccccc1-c1cc2cnc(NC[C@@H]3OCO[C@H]3C(=O)NC(C)C)nc2[nH]c1=O. The molecular weight excluding hydrogens is 398 g/mol. The van der Waals surface area contributed by atoms with Crippen LogP contribution in [0.1, 0.15) is 19.4 Å². The Labute approximate surface area is 179 Å². The number of aromatic amines is 1. The molecule has 31 heavy (non-hydrogen) atoms. The zero-order valence-corrected chi connectivity index (χ0v) is 17.6. The molecule has 2 atom stereocenters. The van der Waals surface area contributed by atoms with E-state index in [0.29, 0.717) is 17.2 Å². The zero-order valence-electron chi connectivity index (χ0n) is 17.6. The van der Waals surface area contributed by atoms with Gasteiger partial charge in [-0.3, -0.25) is 9.59 Å². The molecule has 3 N–H and O–H groups in total. The third kappa shape index (κ3) is 4.57. The average molecular weight is 423 g/mol. The number of aryl methyl sites for hydroxylation is 1. The van der Waals surface area contributed by atoms with E-state index in [9.17, 15) is 9.59 Å². The Kier molecular flexibility index (Phi) is 5.97. The van der Waals surface area contributed by atoms with E-state index in [1.165, 1.54) is 0 Å². The number of H-pyrrole nitrogens is 1. The molecule has 1 aromatic carbocycles. The third-order valence-electron chi connectivity index (χ3n) is 5.05. The summed E-state index contributed by atoms with van der Waals surface area (Å²) in [5, 5.41) is 6.61. The lowest BCUT2D eigenvalue weighted by Gasteiger charge is -2.18. The molecule has 0 spiro atoms. The quantitative estimate of drug-likeness (QED) is 0.555. The predicted octanol–water partition coefficient (Wildman–Crippen LogP) is 1.97. The molecule has 3 aromatic rings. The molecule has 0 bridgehead atoms. The van der Waals surface area contributed by atoms with E-state index in [1.54, 1.807) is 12.3 Å². The number of hydrogen-bond acceptors (Lipinski definition) is 7. The van der Waals surface area contributed by atoms with Crippen molar-refractivity contribution in [2.75, 3.05) is 18.7 Å². The van der Waals surface area contributed by atoms with Crippen molar-refractivity contribution in [1.82, 2.24) is 20.3 Å². The summed E-state index contributed by atoms with van der Waals surface area (Å²) >= 11 is 0. The van der Waals surface area contributed by atoms with Crippen molar-refractivity contribution in [3.05, 3.63) is 52.4 Å². The molecule has 0 aliphatic carbocycles. The van der Waals surface area contributed by atoms with Crippen LogP contribution in [0.3, 0.4) is 0 Å². The van der Waals surface area contributed by atoms with Crippen LogP contribution >= 0.6 is 0 Å². The van der Waals surface area contributed by atoms with E-state index in [1.807, 2.05) is 45.0 Å². The Morgan fingerprint density at radius 3 is 2.84 bits per heavy atom. The van der Waals surface area contributed by atoms with Gasteiger partial charge in [0.25, 0.3) is 11.5 Å². The molecule has 2 aromatic heterocycles. The average Bonchev–Trinajstić information content (AvgIpc) is 3.20. The number of benzene rings is 1. The lowest BCUT2D eigenvalue weighted by Crippen LogP contribution is -2.45. The van der Waals surface area contributed by atoms with Gasteiger partial charge < -0.3 is 25.1 Å². The van der Waals surface area contributed by atoms with E-state index in [-0.39, 0.29) is 30.8 Å². The summed E-state index contributed by atoms with van der Waals surface area (Å²) in [4.78, 5) is 36.5. The molecule has 1 aliphatic rings. The van der Waals surface area contributed by atoms with E-state index >= 15 is 0 Å². The maximum Gasteiger partial charge on any atom is 0.257 e. The Morgan fingerprint density at radius 2 is 2.06 bits per heavy atom. The summed E-state index contributed by atoms with van der Waals surface area (Å²) in [6.07, 6.45) is 0.476. The van der Waals surface area contributed by atoms with Gasteiger partial charge in [-0.25, -0.2) is 4.98 Å². The van der Waals surface area contributed by atoms with Crippen molar-refractivity contribution in [2.45, 2.75) is 39.0 Å². The highest BCUT2D eigenvalue weighted by molar-refractivity contribution is 5.82. The fourth-order valence-electron chi connectivity index (χ4n) is 3.52. The molecule has 9 heteroatoms. The van der Waals surface area contributed by atoms with Gasteiger partial charge in [0.2, 0.25) is 5.95 Å². The lowest BCUT2D eigenvalue weighted by atomic mass is 10.0. The molecule has 3 heterocycles. The number of fused-ring (bicyclic) bond motifs is 1. The minimum Gasteiger partial charge on any atom is -0.352 e. The first kappa shape index (κ1) is 21.0. The number of carbonyl (C=O) groups is 1. The molecule has 1 amide bonds. The molecule has 1 aliphatic heterocycles. The van der Waals surface area contributed by atoms with E-state index in [4.69, 9.17) is 9.47 Å². The van der Waals surface area contributed by atoms with Gasteiger partial charge in [-0.05, 0) is 38.0 Å². The first-order valence-electron chi connectivity index (χ1n) is 10.2. The van der Waals surface area contributed by atoms with Crippen LogP contribution < -0.4 is 16.2 Å². The number of amides is 1. The minimum atomic E-state index is -0.702. The summed E-state index contributed by atoms with van der Waals surface area (Å²) < 4.78 is 10.9. The van der Waals surface area contributed by atoms with Gasteiger partial charge in [0.1, 0.15) is 18.5 Å². The number of anilines is 1. The van der Waals surface area contributed by atoms with Crippen molar-refractivity contribution in [3.8, 4) is 11.1 Å². The summed E-state index contributed by atoms with van der Waals surface area (Å²) in [5.74, 6) is 0.108. The fraction of sp³-hybridized carbons (Fsp3) is 0.364. The highest BCUT2D eigenvalue weighted by atomic mass is 16.7. The maximum atomic E-state index is 12.7. The van der Waals surface area contributed by atoms with Gasteiger partial charge in [-0.15, -0.1) is 0 Å². The van der Waals surface area contributed by atoms with Crippen LogP contribution in [0.25, 0.3) is 22.2 Å². The summed E-state index contributed by atoms with van der Waals surface area (Å²) in [5.41, 5.74) is 2.67. The van der Waals surface area contributed by atoms with Crippen molar-refractivity contribution in [1.29, 1.82) is 0 Å². The van der Waals surface area contributed by atoms with Crippen LogP contribution in [0.15, 0.2) is 41.3 Å². The second kappa shape index (κ2) is 8.83. The number of rotatable bonds is 6. The summed E-state index contributed by atoms with van der Waals surface area (Å²) in [7, 11) is 0. The van der Waals surface area contributed by atoms with E-state index in [2.05, 4.69) is 25.6 Å². The van der Waals surface area contributed by atoms with Crippen LogP contribution in [0.2, 0.25) is 0 Å². The van der Waals surface area contributed by atoms with Gasteiger partial charge in [-0.1, -0.05) is 24.3 Å². The van der Waals surface area contributed by atoms with Crippen LogP contribution in [0, 0.1) is 6.92 Å². The van der Waals surface area contributed by atoms with Crippen LogP contribution in [-0.2, 0) is 14.3 Å². The molecule has 4 rings (SSSR count). The van der Waals surface area contributed by atoms with E-state index in [0.717, 1.165) is 16.5 Å². The Bertz CT molecular complexity index is 1160. The van der Waals surface area contributed by atoms with Crippen LogP contribution in [0.5, 0.6) is 0 Å². The largest absolute Gasteiger partial charge is 0.352 e. The number of hydrogen-bond donors (Lipinski definition) is 3. The Hall–Kier alpha value is -3.30. The highest BCUT2D eigenvalue weighted by Crippen LogP contribution is 2.22. The molecule has 0 radical (unpaired) electrons. The third-order valence-corrected chi connectivity index (χ3v) is 5.05. The predicted molar refractivity (Wildman–Crippen MR) is 117 cm³/mol. The van der Waals surface area contributed by atoms with Gasteiger partial charge in [-0.2, -0.15) is 4.98 Å². The lowest BCUT2D eigenvalue weighted by molar-refractivity contribution is -0.130. The van der Waals surface area contributed by atoms with Crippen molar-refractivity contribution >= 4 is 22.9 Å². The van der Waals surface area contributed by atoms with Crippen molar-refractivity contribution in [2.24, 2.45) is 0 Å². The van der Waals surface area contributed by atoms with Gasteiger partial charge in [0.05, 0.1) is 0 Å². The van der Waals surface area contributed by atoms with Crippen molar-refractivity contribution < 1.29 is 14.3 Å². The van der Waals surface area contributed by atoms with Crippen LogP contribution in [0.4, 0.5) is 5.95 Å². The minimum absolute atomic E-state index is 0.00974. The topological polar surface area (TPSA) is 118 Å². The molecule has 1 saturated heterocycles. The summed E-state index contributed by atoms with van der Waals surface area (Å²) in [6.45, 7) is 6.07. The van der Waals surface area contributed by atoms with Gasteiger partial charge in [0, 0.05) is 29.7 Å². The zero-order chi connectivity index (χ0) is 22.0. The fourth-order valence-corrected chi connectivity index (χ4v) is 3.52. The first-order valence-corrected chi connectivity index (χ1v) is 10.2. The Balaban J connectivity index is 1.51. The number of nitrogens with zero attached hydrogens (tertiary/aromatic N) is 2. The number of ether oxygens (including phenoxy) is 2. The normalized spacial score (nSPS) is 18.5. The van der Waals surface area contributed by atoms with Crippen LogP contribution in [-0.4, -0.2) is 52.4 Å². The van der Waals surface area contributed by atoms with Gasteiger partial charge in [0.15, 0.2) is 6.10 Å². The number of nitrogens with one attached hydrogen (secondary N) is 3. The number of aromatic nitrogens is 3. The number of carbonyl (C=O) groups excluding carboxylic acids is 1. The smallest absolute Gasteiger partial charge is 0.257 e. The molecule has 0 unspecified atom stereocenters. The van der Waals surface area contributed by atoms with Gasteiger partial charge >= 0.3 is 0 Å². The molecule has 1 fully saturated rings. The Morgan fingerprint density at radius 1 is 1.26 bits per heavy atom. The standard InChI is InChI=1S/C22H25N5O4/c1-12(2)25-21(29)18-17(30-11-31-18)10-24-22-23-9-14-8-16(20(28)26-19(14)27-22)15-7-5-4-6-13(15)3/h4-9,12,17-18H,10-11H2,1-3H3,(H,25,29)(H2,23,24,26,27,28)/t17-,18+/m0/s1. The van der Waals surface area contributed by atoms with E-state index < -0.39 is 12.2 Å². The maximum absolute atomic E-state index is 12.7.